The molecule has 38 heavy (non-hydrogen) atoms. The summed E-state index contributed by atoms with van der Waals surface area (Å²) in [4.78, 5) is 43.8. The first kappa shape index (κ1) is 27.8. The van der Waals surface area contributed by atoms with Crippen molar-refractivity contribution >= 4 is 17.7 Å². The fourth-order valence-corrected chi connectivity index (χ4v) is 5.00. The number of halogens is 3. The van der Waals surface area contributed by atoms with Crippen molar-refractivity contribution in [2.24, 2.45) is 5.92 Å². The van der Waals surface area contributed by atoms with Gasteiger partial charge in [-0.05, 0) is 31.0 Å². The zero-order valence-electron chi connectivity index (χ0n) is 21.3. The van der Waals surface area contributed by atoms with Crippen molar-refractivity contribution in [1.29, 1.82) is 0 Å². The van der Waals surface area contributed by atoms with E-state index in [9.17, 15) is 27.6 Å². The van der Waals surface area contributed by atoms with Gasteiger partial charge < -0.3 is 15.5 Å². The first-order chi connectivity index (χ1) is 18.2. The maximum absolute atomic E-state index is 12.9. The lowest BCUT2D eigenvalue weighted by atomic mass is 9.99. The Morgan fingerprint density at radius 2 is 1.74 bits per heavy atom. The summed E-state index contributed by atoms with van der Waals surface area (Å²) in [5.41, 5.74) is -1.06. The highest BCUT2D eigenvalue weighted by atomic mass is 19.4. The molecule has 0 bridgehead atoms. The van der Waals surface area contributed by atoms with Gasteiger partial charge in [-0.2, -0.15) is 13.2 Å². The predicted octanol–water partition coefficient (Wildman–Crippen LogP) is 1.90. The van der Waals surface area contributed by atoms with Gasteiger partial charge in [0.2, 0.25) is 11.8 Å². The van der Waals surface area contributed by atoms with E-state index in [1.54, 1.807) is 0 Å². The lowest BCUT2D eigenvalue weighted by molar-refractivity contribution is -0.137. The van der Waals surface area contributed by atoms with E-state index in [2.05, 4.69) is 20.4 Å². The van der Waals surface area contributed by atoms with E-state index in [0.717, 1.165) is 76.9 Å². The van der Waals surface area contributed by atoms with Crippen LogP contribution in [0.5, 0.6) is 0 Å². The summed E-state index contributed by atoms with van der Waals surface area (Å²) in [6.07, 6.45) is 4.93. The van der Waals surface area contributed by atoms with Crippen molar-refractivity contribution in [2.75, 3.05) is 58.9 Å². The average Bonchev–Trinajstić information content (AvgIpc) is 3.37. The number of allylic oxidation sites excluding steroid dienone is 3. The molecule has 0 aromatic heterocycles. The van der Waals surface area contributed by atoms with Gasteiger partial charge in [0.1, 0.15) is 0 Å². The van der Waals surface area contributed by atoms with Crippen molar-refractivity contribution in [2.45, 2.75) is 25.1 Å². The number of nitrogens with zero attached hydrogens (tertiary/aromatic N) is 3. The molecule has 8 nitrogen and oxygen atoms in total. The summed E-state index contributed by atoms with van der Waals surface area (Å²) in [5, 5.41) is 5.28. The highest BCUT2D eigenvalue weighted by Gasteiger charge is 2.31. The number of likely N-dealkylation sites (tertiary alicyclic amines) is 1. The molecular weight excluding hydrogens is 499 g/mol. The Kier molecular flexibility index (Phi) is 9.22. The zero-order chi connectivity index (χ0) is 27.1. The summed E-state index contributed by atoms with van der Waals surface area (Å²) in [6, 6.07) is 4.06. The van der Waals surface area contributed by atoms with Gasteiger partial charge in [0.15, 0.2) is 0 Å². The first-order valence-corrected chi connectivity index (χ1v) is 13.0. The van der Waals surface area contributed by atoms with Crippen molar-refractivity contribution in [3.63, 3.8) is 0 Å². The van der Waals surface area contributed by atoms with Crippen LogP contribution >= 0.6 is 0 Å². The van der Waals surface area contributed by atoms with E-state index in [4.69, 9.17) is 0 Å². The Morgan fingerprint density at radius 3 is 2.45 bits per heavy atom. The molecule has 3 amide bonds. The number of benzene rings is 1. The van der Waals surface area contributed by atoms with E-state index in [1.165, 1.54) is 6.07 Å². The molecule has 206 valence electrons. The van der Waals surface area contributed by atoms with Gasteiger partial charge in [-0.25, -0.2) is 0 Å². The molecule has 0 radical (unpaired) electrons. The van der Waals surface area contributed by atoms with E-state index in [-0.39, 0.29) is 35.9 Å². The molecule has 1 aromatic carbocycles. The Morgan fingerprint density at radius 1 is 0.974 bits per heavy atom. The van der Waals surface area contributed by atoms with Crippen LogP contribution in [-0.2, 0) is 15.8 Å². The molecule has 2 N–H and O–H groups in total. The Hall–Kier alpha value is -3.18. The first-order valence-electron chi connectivity index (χ1n) is 13.0. The molecule has 2 atom stereocenters. The fourth-order valence-electron chi connectivity index (χ4n) is 5.00. The van der Waals surface area contributed by atoms with Crippen LogP contribution < -0.4 is 10.6 Å². The molecule has 3 aliphatic rings. The van der Waals surface area contributed by atoms with Crippen LogP contribution in [0.15, 0.2) is 48.6 Å². The summed E-state index contributed by atoms with van der Waals surface area (Å²) < 4.78 is 38.6. The van der Waals surface area contributed by atoms with E-state index >= 15 is 0 Å². The van der Waals surface area contributed by atoms with Crippen LogP contribution in [0.3, 0.4) is 0 Å². The Bertz CT molecular complexity index is 1070. The van der Waals surface area contributed by atoms with Crippen LogP contribution in [0, 0.1) is 5.92 Å². The number of piperazine rings is 1. The molecule has 11 heteroatoms. The van der Waals surface area contributed by atoms with Crippen molar-refractivity contribution in [1.82, 2.24) is 25.3 Å². The lowest BCUT2D eigenvalue weighted by Gasteiger charge is -2.36. The molecule has 4 rings (SSSR count). The molecule has 1 aliphatic carbocycles. The summed E-state index contributed by atoms with van der Waals surface area (Å²) in [7, 11) is 0. The largest absolute Gasteiger partial charge is 0.416 e. The van der Waals surface area contributed by atoms with Gasteiger partial charge in [-0.1, -0.05) is 30.4 Å². The van der Waals surface area contributed by atoms with Gasteiger partial charge in [0.25, 0.3) is 5.91 Å². The number of rotatable bonds is 8. The van der Waals surface area contributed by atoms with Gasteiger partial charge in [-0.3, -0.25) is 24.2 Å². The van der Waals surface area contributed by atoms with Gasteiger partial charge >= 0.3 is 6.18 Å². The number of carbonyl (C=O) groups is 3. The molecule has 0 spiro atoms. The molecule has 0 saturated carbocycles. The van der Waals surface area contributed by atoms with E-state index < -0.39 is 17.6 Å². The second-order valence-corrected chi connectivity index (χ2v) is 9.94. The lowest BCUT2D eigenvalue weighted by Crippen LogP contribution is -2.51. The second-order valence-electron chi connectivity index (χ2n) is 9.94. The topological polar surface area (TPSA) is 85.0 Å². The average molecular weight is 534 g/mol. The Labute approximate surface area is 220 Å². The van der Waals surface area contributed by atoms with Crippen LogP contribution in [0.2, 0.25) is 0 Å². The summed E-state index contributed by atoms with van der Waals surface area (Å²) >= 11 is 0. The van der Waals surface area contributed by atoms with Crippen molar-refractivity contribution in [3.05, 3.63) is 59.7 Å². The third kappa shape index (κ3) is 7.67. The molecule has 2 fully saturated rings. The van der Waals surface area contributed by atoms with Crippen LogP contribution in [0.25, 0.3) is 0 Å². The zero-order valence-corrected chi connectivity index (χ0v) is 21.3. The number of amides is 3. The van der Waals surface area contributed by atoms with Crippen molar-refractivity contribution in [3.8, 4) is 0 Å². The quantitative estimate of drug-likeness (QED) is 0.534. The summed E-state index contributed by atoms with van der Waals surface area (Å²) in [5.74, 6) is -0.944. The monoisotopic (exact) mass is 533 g/mol. The van der Waals surface area contributed by atoms with Gasteiger partial charge in [-0.15, -0.1) is 0 Å². The third-order valence-electron chi connectivity index (χ3n) is 7.21. The minimum atomic E-state index is -4.54. The van der Waals surface area contributed by atoms with Crippen LogP contribution in [-0.4, -0.2) is 97.4 Å². The summed E-state index contributed by atoms with van der Waals surface area (Å²) in [6.45, 7) is 6.16. The number of carbonyl (C=O) groups excluding carboxylic acids is 3. The minimum Gasteiger partial charge on any atom is -0.350 e. The molecule has 2 aliphatic heterocycles. The number of hydrogen-bond donors (Lipinski definition) is 2. The van der Waals surface area contributed by atoms with E-state index in [0.29, 0.717) is 6.54 Å². The highest BCUT2D eigenvalue weighted by Crippen LogP contribution is 2.29. The maximum Gasteiger partial charge on any atom is 0.416 e. The smallest absolute Gasteiger partial charge is 0.350 e. The fraction of sp³-hybridized carbons (Fsp3) is 0.519. The number of nitrogens with one attached hydrogen (secondary N) is 2. The maximum atomic E-state index is 12.9. The molecule has 2 saturated heterocycles. The number of alkyl halides is 3. The minimum absolute atomic E-state index is 0.0416. The highest BCUT2D eigenvalue weighted by molar-refractivity contribution is 5.96. The second kappa shape index (κ2) is 12.6. The SMILES string of the molecule is O=C(CNC(=O)c1cccc(C(F)(F)F)c1)N[C@@H]1CCN(CCN2CCN(C(=O)C3C=CC=CC3)CC2)C1. The molecule has 1 unspecified atom stereocenters. The van der Waals surface area contributed by atoms with Gasteiger partial charge in [0, 0.05) is 64.0 Å². The van der Waals surface area contributed by atoms with E-state index in [1.807, 2.05) is 29.2 Å². The number of hydrogen-bond acceptors (Lipinski definition) is 5. The van der Waals surface area contributed by atoms with Gasteiger partial charge in [0.05, 0.1) is 18.0 Å². The standard InChI is InChI=1S/C27H34F3N5O3/c28-27(29,30)22-8-4-7-21(17-22)25(37)31-18-24(36)32-23-9-10-34(19-23)12-11-33-13-15-35(16-14-33)26(38)20-5-2-1-3-6-20/h1-5,7-8,17,20,23H,6,9-16,18-19H2,(H,31,37)(H,32,36)/t20?,23-/m1/s1. The Balaban J connectivity index is 1.11. The molecule has 2 heterocycles. The molecular formula is C27H34F3N5O3. The van der Waals surface area contributed by atoms with Crippen molar-refractivity contribution < 1.29 is 27.6 Å². The third-order valence-corrected chi connectivity index (χ3v) is 7.21. The normalized spacial score (nSPS) is 22.4. The molecule has 1 aromatic rings. The predicted molar refractivity (Wildman–Crippen MR) is 136 cm³/mol. The van der Waals surface area contributed by atoms with Crippen LogP contribution in [0.4, 0.5) is 13.2 Å². The van der Waals surface area contributed by atoms with Crippen LogP contribution in [0.1, 0.15) is 28.8 Å².